The molecule has 0 saturated heterocycles. The molecule has 0 heterocycles. The smallest absolute Gasteiger partial charge is 0.337 e. The minimum atomic E-state index is -1.10. The molecular formula is C14H9Cl3N2O2. The number of nitrogens with zero attached hydrogens (tertiary/aromatic N) is 1. The van der Waals surface area contributed by atoms with Crippen LogP contribution in [0.5, 0.6) is 0 Å². The van der Waals surface area contributed by atoms with E-state index in [1.165, 1.54) is 18.3 Å². The normalized spacial score (nSPS) is 10.8. The monoisotopic (exact) mass is 342 g/mol. The number of carbonyl (C=O) groups is 1. The van der Waals surface area contributed by atoms with Crippen LogP contribution in [0.1, 0.15) is 15.9 Å². The van der Waals surface area contributed by atoms with Crippen molar-refractivity contribution >= 4 is 52.7 Å². The van der Waals surface area contributed by atoms with Crippen LogP contribution in [0.25, 0.3) is 0 Å². The van der Waals surface area contributed by atoms with Gasteiger partial charge in [0.15, 0.2) is 0 Å². The third kappa shape index (κ3) is 4.11. The molecule has 2 aromatic carbocycles. The number of carboxylic acids is 1. The molecule has 0 aliphatic carbocycles. The molecule has 0 fully saturated rings. The van der Waals surface area contributed by atoms with Gasteiger partial charge in [0.05, 0.1) is 27.5 Å². The van der Waals surface area contributed by atoms with Crippen LogP contribution in [0.3, 0.4) is 0 Å². The van der Waals surface area contributed by atoms with Crippen molar-refractivity contribution in [3.63, 3.8) is 0 Å². The maximum absolute atomic E-state index is 11.0. The van der Waals surface area contributed by atoms with Gasteiger partial charge >= 0.3 is 5.97 Å². The van der Waals surface area contributed by atoms with Crippen LogP contribution in [0.15, 0.2) is 41.5 Å². The Morgan fingerprint density at radius 1 is 1.10 bits per heavy atom. The van der Waals surface area contributed by atoms with Gasteiger partial charge in [0.2, 0.25) is 0 Å². The third-order valence-corrected chi connectivity index (χ3v) is 3.45. The maximum Gasteiger partial charge on any atom is 0.337 e. The van der Waals surface area contributed by atoms with Crippen molar-refractivity contribution in [2.24, 2.45) is 5.10 Å². The summed E-state index contributed by atoms with van der Waals surface area (Å²) in [7, 11) is 0. The zero-order chi connectivity index (χ0) is 15.4. The maximum atomic E-state index is 11.0. The number of benzene rings is 2. The Morgan fingerprint density at radius 3 is 2.52 bits per heavy atom. The fourth-order valence-corrected chi connectivity index (χ4v) is 2.20. The lowest BCUT2D eigenvalue weighted by Gasteiger charge is -2.04. The molecular weight excluding hydrogens is 335 g/mol. The lowest BCUT2D eigenvalue weighted by molar-refractivity contribution is 0.0697. The zero-order valence-electron chi connectivity index (χ0n) is 10.5. The number of aromatic carboxylic acids is 1. The van der Waals surface area contributed by atoms with E-state index in [1.807, 2.05) is 0 Å². The van der Waals surface area contributed by atoms with Crippen LogP contribution in [0.2, 0.25) is 15.1 Å². The molecule has 0 atom stereocenters. The summed E-state index contributed by atoms with van der Waals surface area (Å²) in [6.07, 6.45) is 1.51. The van der Waals surface area contributed by atoms with Crippen molar-refractivity contribution in [3.05, 3.63) is 62.6 Å². The molecule has 2 rings (SSSR count). The summed E-state index contributed by atoms with van der Waals surface area (Å²) in [5.74, 6) is -1.10. The molecule has 2 aromatic rings. The van der Waals surface area contributed by atoms with Gasteiger partial charge < -0.3 is 5.11 Å². The first kappa shape index (κ1) is 15.6. The molecule has 21 heavy (non-hydrogen) atoms. The number of rotatable bonds is 4. The van der Waals surface area contributed by atoms with Crippen LogP contribution in [0, 0.1) is 0 Å². The summed E-state index contributed by atoms with van der Waals surface area (Å²) in [5.41, 5.74) is 3.89. The minimum absolute atomic E-state index is 0.00129. The van der Waals surface area contributed by atoms with E-state index >= 15 is 0 Å². The van der Waals surface area contributed by atoms with E-state index in [-0.39, 0.29) is 10.6 Å². The van der Waals surface area contributed by atoms with Crippen molar-refractivity contribution in [2.75, 3.05) is 5.43 Å². The summed E-state index contributed by atoms with van der Waals surface area (Å²) >= 11 is 17.6. The van der Waals surface area contributed by atoms with Gasteiger partial charge in [-0.25, -0.2) is 4.79 Å². The van der Waals surface area contributed by atoms with Gasteiger partial charge in [0, 0.05) is 10.6 Å². The van der Waals surface area contributed by atoms with Crippen molar-refractivity contribution in [3.8, 4) is 0 Å². The Bertz CT molecular complexity index is 717. The molecule has 0 aromatic heterocycles. The zero-order valence-corrected chi connectivity index (χ0v) is 12.7. The Labute approximate surface area is 135 Å². The minimum Gasteiger partial charge on any atom is -0.478 e. The number of hydrogen-bond acceptors (Lipinski definition) is 3. The van der Waals surface area contributed by atoms with Gasteiger partial charge in [-0.3, -0.25) is 5.43 Å². The predicted octanol–water partition coefficient (Wildman–Crippen LogP) is 4.79. The molecule has 0 amide bonds. The molecule has 0 aliphatic heterocycles. The average Bonchev–Trinajstić information content (AvgIpc) is 2.42. The van der Waals surface area contributed by atoms with Gasteiger partial charge in [-0.15, -0.1) is 0 Å². The Morgan fingerprint density at radius 2 is 1.86 bits per heavy atom. The summed E-state index contributed by atoms with van der Waals surface area (Å²) in [6, 6.07) is 9.52. The third-order valence-electron chi connectivity index (χ3n) is 2.56. The highest BCUT2D eigenvalue weighted by atomic mass is 35.5. The Hall–Kier alpha value is -1.75. The number of hydrogen-bond donors (Lipinski definition) is 2. The second-order valence-corrected chi connectivity index (χ2v) is 5.29. The number of halogens is 3. The standard InChI is InChI=1S/C14H9Cl3N2O2/c15-9-2-1-8(13(17)5-9)7-18-19-10-3-4-12(16)11(6-10)14(20)21/h1-7,19H,(H,20,21)/b18-7+. The van der Waals surface area contributed by atoms with Gasteiger partial charge in [-0.2, -0.15) is 5.10 Å². The number of nitrogens with one attached hydrogen (secondary N) is 1. The van der Waals surface area contributed by atoms with E-state index in [2.05, 4.69) is 10.5 Å². The molecule has 0 saturated carbocycles. The highest BCUT2D eigenvalue weighted by Crippen LogP contribution is 2.21. The highest BCUT2D eigenvalue weighted by molar-refractivity contribution is 6.36. The first-order valence-corrected chi connectivity index (χ1v) is 6.88. The molecule has 0 spiro atoms. The summed E-state index contributed by atoms with van der Waals surface area (Å²) in [5, 5.41) is 14.1. The lowest BCUT2D eigenvalue weighted by atomic mass is 10.2. The fourth-order valence-electron chi connectivity index (χ4n) is 1.54. The van der Waals surface area contributed by atoms with E-state index in [4.69, 9.17) is 39.9 Å². The molecule has 0 aliphatic rings. The number of carboxylic acid groups (broad SMARTS) is 1. The summed E-state index contributed by atoms with van der Waals surface area (Å²) in [4.78, 5) is 11.0. The first-order valence-electron chi connectivity index (χ1n) is 5.74. The van der Waals surface area contributed by atoms with Crippen LogP contribution in [0.4, 0.5) is 5.69 Å². The van der Waals surface area contributed by atoms with Crippen LogP contribution < -0.4 is 5.43 Å². The molecule has 2 N–H and O–H groups in total. The van der Waals surface area contributed by atoms with Gasteiger partial charge in [-0.05, 0) is 30.3 Å². The number of hydrazone groups is 1. The SMILES string of the molecule is O=C(O)c1cc(N/N=C/c2ccc(Cl)cc2Cl)ccc1Cl. The fraction of sp³-hybridized carbons (Fsp3) is 0. The second-order valence-electron chi connectivity index (χ2n) is 4.04. The summed E-state index contributed by atoms with van der Waals surface area (Å²) in [6.45, 7) is 0. The molecule has 0 unspecified atom stereocenters. The molecule has 0 bridgehead atoms. The molecule has 4 nitrogen and oxygen atoms in total. The Kier molecular flexibility index (Phi) is 5.07. The first-order chi connectivity index (χ1) is 9.97. The van der Waals surface area contributed by atoms with Crippen LogP contribution in [-0.2, 0) is 0 Å². The molecule has 0 radical (unpaired) electrons. The topological polar surface area (TPSA) is 61.7 Å². The van der Waals surface area contributed by atoms with Crippen molar-refractivity contribution in [2.45, 2.75) is 0 Å². The average molecular weight is 344 g/mol. The molecule has 7 heteroatoms. The molecule has 108 valence electrons. The van der Waals surface area contributed by atoms with E-state index in [0.29, 0.717) is 21.3 Å². The van der Waals surface area contributed by atoms with Crippen molar-refractivity contribution in [1.29, 1.82) is 0 Å². The Balaban J connectivity index is 2.14. The quantitative estimate of drug-likeness (QED) is 0.619. The van der Waals surface area contributed by atoms with E-state index in [9.17, 15) is 4.79 Å². The van der Waals surface area contributed by atoms with E-state index < -0.39 is 5.97 Å². The van der Waals surface area contributed by atoms with Gasteiger partial charge in [-0.1, -0.05) is 40.9 Å². The number of anilines is 1. The van der Waals surface area contributed by atoms with Crippen LogP contribution in [-0.4, -0.2) is 17.3 Å². The van der Waals surface area contributed by atoms with Crippen molar-refractivity contribution in [1.82, 2.24) is 0 Å². The van der Waals surface area contributed by atoms with Crippen molar-refractivity contribution < 1.29 is 9.90 Å². The van der Waals surface area contributed by atoms with Crippen LogP contribution >= 0.6 is 34.8 Å². The van der Waals surface area contributed by atoms with Gasteiger partial charge in [0.25, 0.3) is 0 Å². The highest BCUT2D eigenvalue weighted by Gasteiger charge is 2.08. The van der Waals surface area contributed by atoms with Gasteiger partial charge in [0.1, 0.15) is 0 Å². The largest absolute Gasteiger partial charge is 0.478 e. The lowest BCUT2D eigenvalue weighted by Crippen LogP contribution is -1.99. The van der Waals surface area contributed by atoms with E-state index in [0.717, 1.165) is 0 Å². The predicted molar refractivity (Wildman–Crippen MR) is 86.1 cm³/mol. The summed E-state index contributed by atoms with van der Waals surface area (Å²) < 4.78 is 0. The van der Waals surface area contributed by atoms with E-state index in [1.54, 1.807) is 24.3 Å². The second kappa shape index (κ2) is 6.80.